The van der Waals surface area contributed by atoms with E-state index in [1.165, 1.54) is 17.8 Å². The highest BCUT2D eigenvalue weighted by atomic mass is 32.2. The van der Waals surface area contributed by atoms with E-state index < -0.39 is 0 Å². The molecule has 1 saturated heterocycles. The van der Waals surface area contributed by atoms with Crippen molar-refractivity contribution in [1.82, 2.24) is 15.5 Å². The van der Waals surface area contributed by atoms with Gasteiger partial charge in [-0.15, -0.1) is 11.8 Å². The van der Waals surface area contributed by atoms with Gasteiger partial charge in [0.2, 0.25) is 5.89 Å². The molecule has 4 nitrogen and oxygen atoms in total. The van der Waals surface area contributed by atoms with Gasteiger partial charge in [0.05, 0.1) is 5.75 Å². The molecule has 2 aromatic rings. The number of hydrogen-bond donors (Lipinski definition) is 1. The van der Waals surface area contributed by atoms with E-state index in [2.05, 4.69) is 15.5 Å². The molecule has 6 heteroatoms. The summed E-state index contributed by atoms with van der Waals surface area (Å²) in [7, 11) is 0. The van der Waals surface area contributed by atoms with Crippen molar-refractivity contribution >= 4 is 11.8 Å². The van der Waals surface area contributed by atoms with Crippen LogP contribution < -0.4 is 5.32 Å². The molecular formula is C14H16FN3OS. The van der Waals surface area contributed by atoms with Crippen molar-refractivity contribution in [2.75, 3.05) is 13.1 Å². The smallest absolute Gasteiger partial charge is 0.226 e. The molecule has 0 bridgehead atoms. The summed E-state index contributed by atoms with van der Waals surface area (Å²) in [5.74, 6) is 2.20. The van der Waals surface area contributed by atoms with Gasteiger partial charge in [0.15, 0.2) is 5.82 Å². The molecule has 1 N–H and O–H groups in total. The second-order valence-corrected chi connectivity index (χ2v) is 5.90. The van der Waals surface area contributed by atoms with Gasteiger partial charge in [-0.1, -0.05) is 17.3 Å². The minimum atomic E-state index is -0.210. The van der Waals surface area contributed by atoms with E-state index in [1.54, 1.807) is 12.1 Å². The molecule has 1 atom stereocenters. The zero-order valence-corrected chi connectivity index (χ0v) is 11.8. The molecule has 0 radical (unpaired) electrons. The Balaban J connectivity index is 1.56. The maximum absolute atomic E-state index is 13.5. The number of aromatic nitrogens is 2. The van der Waals surface area contributed by atoms with Gasteiger partial charge in [-0.3, -0.25) is 0 Å². The fraction of sp³-hybridized carbons (Fsp3) is 0.429. The zero-order chi connectivity index (χ0) is 13.8. The standard InChI is InChI=1S/C14H16FN3OS/c15-11-3-1-2-4-12(11)20-9-13-17-14(19-18-13)7-10-5-6-16-8-10/h1-4,10,16H,5-9H2. The Morgan fingerprint density at radius 1 is 1.40 bits per heavy atom. The number of thioether (sulfide) groups is 1. The van der Waals surface area contributed by atoms with Gasteiger partial charge < -0.3 is 9.84 Å². The van der Waals surface area contributed by atoms with E-state index in [-0.39, 0.29) is 5.82 Å². The van der Waals surface area contributed by atoms with Crippen LogP contribution in [-0.4, -0.2) is 23.2 Å². The molecule has 0 aliphatic carbocycles. The SMILES string of the molecule is Fc1ccccc1SCc1noc(CC2CCNC2)n1. The predicted octanol–water partition coefficient (Wildman–Crippen LogP) is 2.65. The van der Waals surface area contributed by atoms with Crippen LogP contribution in [0, 0.1) is 11.7 Å². The van der Waals surface area contributed by atoms with Crippen molar-refractivity contribution < 1.29 is 8.91 Å². The van der Waals surface area contributed by atoms with Crippen LogP contribution in [0.25, 0.3) is 0 Å². The molecule has 3 rings (SSSR count). The first-order valence-corrected chi connectivity index (χ1v) is 7.69. The molecule has 20 heavy (non-hydrogen) atoms. The van der Waals surface area contributed by atoms with E-state index in [9.17, 15) is 4.39 Å². The quantitative estimate of drug-likeness (QED) is 0.859. The maximum atomic E-state index is 13.5. The van der Waals surface area contributed by atoms with Gasteiger partial charge >= 0.3 is 0 Å². The predicted molar refractivity (Wildman–Crippen MR) is 74.9 cm³/mol. The van der Waals surface area contributed by atoms with Crippen molar-refractivity contribution in [3.8, 4) is 0 Å². The zero-order valence-electron chi connectivity index (χ0n) is 11.0. The summed E-state index contributed by atoms with van der Waals surface area (Å²) in [5.41, 5.74) is 0. The first-order valence-electron chi connectivity index (χ1n) is 6.71. The number of nitrogens with zero attached hydrogens (tertiary/aromatic N) is 2. The summed E-state index contributed by atoms with van der Waals surface area (Å²) in [4.78, 5) is 4.98. The number of rotatable bonds is 5. The van der Waals surface area contributed by atoms with Crippen LogP contribution >= 0.6 is 11.8 Å². The lowest BCUT2D eigenvalue weighted by Gasteiger charge is -2.02. The Bertz CT molecular complexity index is 569. The molecule has 1 unspecified atom stereocenters. The van der Waals surface area contributed by atoms with Gasteiger partial charge in [0.25, 0.3) is 0 Å². The fourth-order valence-electron chi connectivity index (χ4n) is 2.27. The van der Waals surface area contributed by atoms with Crippen LogP contribution in [0.1, 0.15) is 18.1 Å². The van der Waals surface area contributed by atoms with Gasteiger partial charge in [0.1, 0.15) is 5.82 Å². The number of benzene rings is 1. The van der Waals surface area contributed by atoms with Crippen molar-refractivity contribution in [2.45, 2.75) is 23.5 Å². The van der Waals surface area contributed by atoms with Crippen LogP contribution in [-0.2, 0) is 12.2 Å². The van der Waals surface area contributed by atoms with Gasteiger partial charge in [0, 0.05) is 11.3 Å². The topological polar surface area (TPSA) is 51.0 Å². The molecule has 1 aromatic carbocycles. The molecule has 1 aliphatic rings. The van der Waals surface area contributed by atoms with Crippen molar-refractivity contribution in [3.63, 3.8) is 0 Å². The van der Waals surface area contributed by atoms with Crippen molar-refractivity contribution in [1.29, 1.82) is 0 Å². The lowest BCUT2D eigenvalue weighted by Crippen LogP contribution is -2.10. The lowest BCUT2D eigenvalue weighted by atomic mass is 10.1. The van der Waals surface area contributed by atoms with Gasteiger partial charge in [-0.2, -0.15) is 4.98 Å². The van der Waals surface area contributed by atoms with Gasteiger partial charge in [-0.05, 0) is 37.6 Å². The van der Waals surface area contributed by atoms with E-state index in [1.807, 2.05) is 6.07 Å². The van der Waals surface area contributed by atoms with Crippen LogP contribution in [0.5, 0.6) is 0 Å². The summed E-state index contributed by atoms with van der Waals surface area (Å²) in [6.07, 6.45) is 1.98. The highest BCUT2D eigenvalue weighted by molar-refractivity contribution is 7.98. The third kappa shape index (κ3) is 3.37. The maximum Gasteiger partial charge on any atom is 0.226 e. The average Bonchev–Trinajstić information content (AvgIpc) is 3.10. The molecule has 1 fully saturated rings. The molecule has 1 aliphatic heterocycles. The van der Waals surface area contributed by atoms with Crippen molar-refractivity contribution in [2.24, 2.45) is 5.92 Å². The number of halogens is 1. The Labute approximate surface area is 121 Å². The Morgan fingerprint density at radius 2 is 2.30 bits per heavy atom. The first kappa shape index (κ1) is 13.6. The third-order valence-corrected chi connectivity index (χ3v) is 4.37. The lowest BCUT2D eigenvalue weighted by molar-refractivity contribution is 0.354. The molecule has 0 saturated carbocycles. The van der Waals surface area contributed by atoms with Crippen LogP contribution in [0.4, 0.5) is 4.39 Å². The van der Waals surface area contributed by atoms with E-state index in [4.69, 9.17) is 4.52 Å². The largest absolute Gasteiger partial charge is 0.339 e. The minimum Gasteiger partial charge on any atom is -0.339 e. The minimum absolute atomic E-state index is 0.210. The van der Waals surface area contributed by atoms with E-state index in [0.717, 1.165) is 25.9 Å². The second-order valence-electron chi connectivity index (χ2n) is 4.89. The van der Waals surface area contributed by atoms with E-state index >= 15 is 0 Å². The van der Waals surface area contributed by atoms with E-state index in [0.29, 0.717) is 28.3 Å². The average molecular weight is 293 g/mol. The number of nitrogens with one attached hydrogen (secondary N) is 1. The van der Waals surface area contributed by atoms with Crippen LogP contribution in [0.15, 0.2) is 33.7 Å². The Morgan fingerprint density at radius 3 is 3.10 bits per heavy atom. The molecule has 1 aromatic heterocycles. The summed E-state index contributed by atoms with van der Waals surface area (Å²) in [6, 6.07) is 6.71. The summed E-state index contributed by atoms with van der Waals surface area (Å²) in [5, 5.41) is 7.27. The van der Waals surface area contributed by atoms with Crippen LogP contribution in [0.2, 0.25) is 0 Å². The summed E-state index contributed by atoms with van der Waals surface area (Å²) >= 11 is 1.38. The molecular weight excluding hydrogens is 277 g/mol. The molecule has 0 amide bonds. The Hall–Kier alpha value is -1.40. The second kappa shape index (κ2) is 6.37. The summed E-state index contributed by atoms with van der Waals surface area (Å²) in [6.45, 7) is 2.08. The highest BCUT2D eigenvalue weighted by Crippen LogP contribution is 2.24. The molecule has 0 spiro atoms. The van der Waals surface area contributed by atoms with Crippen LogP contribution in [0.3, 0.4) is 0 Å². The fourth-order valence-corrected chi connectivity index (χ4v) is 3.05. The normalized spacial score (nSPS) is 18.6. The summed E-state index contributed by atoms with van der Waals surface area (Å²) < 4.78 is 18.7. The van der Waals surface area contributed by atoms with Crippen molar-refractivity contribution in [3.05, 3.63) is 41.8 Å². The monoisotopic (exact) mass is 293 g/mol. The number of hydrogen-bond acceptors (Lipinski definition) is 5. The third-order valence-electron chi connectivity index (χ3n) is 3.33. The van der Waals surface area contributed by atoms with Gasteiger partial charge in [-0.25, -0.2) is 4.39 Å². The molecule has 2 heterocycles. The highest BCUT2D eigenvalue weighted by Gasteiger charge is 2.18. The Kier molecular flexibility index (Phi) is 4.32. The molecule has 106 valence electrons. The first-order chi connectivity index (χ1) is 9.81.